The number of nitrogens with one attached hydrogen (secondary N) is 1. The number of amides is 1. The quantitative estimate of drug-likeness (QED) is 0.878. The number of hydrogen-bond donors (Lipinski definition) is 2. The Balaban J connectivity index is 2.23. The van der Waals surface area contributed by atoms with Gasteiger partial charge in [-0.1, -0.05) is 51.6 Å². The van der Waals surface area contributed by atoms with Gasteiger partial charge in [0.05, 0.1) is 0 Å². The van der Waals surface area contributed by atoms with E-state index in [9.17, 15) is 4.79 Å². The number of hydrogen-bond acceptors (Lipinski definition) is 2. The molecule has 23 heavy (non-hydrogen) atoms. The topological polar surface area (TPSA) is 55.1 Å². The lowest BCUT2D eigenvalue weighted by molar-refractivity contribution is 0.102. The molecule has 0 aliphatic rings. The Bertz CT molecular complexity index is 737. The Hall–Kier alpha value is -2.55. The number of nitrogens with two attached hydrogens (primary N) is 1. The van der Waals surface area contributed by atoms with Crippen LogP contribution < -0.4 is 11.1 Å². The van der Waals surface area contributed by atoms with Gasteiger partial charge < -0.3 is 11.1 Å². The molecule has 3 heteroatoms. The molecule has 2 rings (SSSR count). The van der Waals surface area contributed by atoms with E-state index in [4.69, 9.17) is 5.73 Å². The molecule has 0 unspecified atom stereocenters. The van der Waals surface area contributed by atoms with Crippen molar-refractivity contribution in [2.75, 3.05) is 5.32 Å². The predicted molar refractivity (Wildman–Crippen MR) is 97.5 cm³/mol. The second kappa shape index (κ2) is 6.29. The average Bonchev–Trinajstić information content (AvgIpc) is 2.48. The summed E-state index contributed by atoms with van der Waals surface area (Å²) in [7, 11) is 0. The highest BCUT2D eigenvalue weighted by Gasteiger charge is 2.15. The van der Waals surface area contributed by atoms with E-state index in [2.05, 4.69) is 32.7 Å². The third-order valence-electron chi connectivity index (χ3n) is 3.94. The van der Waals surface area contributed by atoms with E-state index < -0.39 is 0 Å². The van der Waals surface area contributed by atoms with Crippen molar-refractivity contribution in [2.24, 2.45) is 5.73 Å². The van der Waals surface area contributed by atoms with Crippen LogP contribution in [0.1, 0.15) is 47.8 Å². The largest absolute Gasteiger partial charge is 0.399 e. The van der Waals surface area contributed by atoms with Crippen molar-refractivity contribution in [3.05, 3.63) is 71.3 Å². The van der Waals surface area contributed by atoms with Gasteiger partial charge >= 0.3 is 0 Å². The molecule has 0 aliphatic heterocycles. The van der Waals surface area contributed by atoms with Gasteiger partial charge in [-0.2, -0.15) is 0 Å². The Kier molecular flexibility index (Phi) is 4.60. The average molecular weight is 308 g/mol. The van der Waals surface area contributed by atoms with Crippen molar-refractivity contribution < 1.29 is 4.79 Å². The van der Waals surface area contributed by atoms with Crippen molar-refractivity contribution in [1.29, 1.82) is 0 Å². The van der Waals surface area contributed by atoms with Gasteiger partial charge in [0, 0.05) is 22.5 Å². The molecule has 3 N–H and O–H groups in total. The fourth-order valence-corrected chi connectivity index (χ4v) is 2.44. The van der Waals surface area contributed by atoms with Crippen molar-refractivity contribution in [3.8, 4) is 0 Å². The van der Waals surface area contributed by atoms with Gasteiger partial charge in [-0.05, 0) is 41.7 Å². The van der Waals surface area contributed by atoms with Crippen molar-refractivity contribution >= 4 is 17.3 Å². The first-order valence-corrected chi connectivity index (χ1v) is 7.66. The van der Waals surface area contributed by atoms with Crippen LogP contribution in [0, 0.1) is 6.92 Å². The highest BCUT2D eigenvalue weighted by molar-refractivity contribution is 6.04. The number of carbonyl (C=O) groups excluding carboxylic acids is 1. The molecule has 0 bridgehead atoms. The molecule has 0 radical (unpaired) electrons. The Morgan fingerprint density at radius 3 is 2.22 bits per heavy atom. The minimum atomic E-state index is -0.131. The van der Waals surface area contributed by atoms with Gasteiger partial charge in [0.25, 0.3) is 5.91 Å². The summed E-state index contributed by atoms with van der Waals surface area (Å²) in [6.07, 6.45) is 0. The predicted octanol–water partition coefficient (Wildman–Crippen LogP) is 4.47. The van der Waals surface area contributed by atoms with Gasteiger partial charge in [0.1, 0.15) is 0 Å². The van der Waals surface area contributed by atoms with Gasteiger partial charge in [0.15, 0.2) is 0 Å². The van der Waals surface area contributed by atoms with Gasteiger partial charge in [-0.25, -0.2) is 0 Å². The summed E-state index contributed by atoms with van der Waals surface area (Å²) in [5.74, 6) is -0.131. The Morgan fingerprint density at radius 1 is 1.09 bits per heavy atom. The molecular formula is C20H24N2O. The molecule has 3 nitrogen and oxygen atoms in total. The summed E-state index contributed by atoms with van der Waals surface area (Å²) in [5, 5.41) is 2.94. The van der Waals surface area contributed by atoms with E-state index in [1.54, 1.807) is 0 Å². The fraction of sp³-hybridized carbons (Fsp3) is 0.250. The zero-order valence-electron chi connectivity index (χ0n) is 14.2. The molecule has 1 amide bonds. The first-order valence-electron chi connectivity index (χ1n) is 7.66. The molecule has 120 valence electrons. The molecule has 0 aromatic heterocycles. The van der Waals surface area contributed by atoms with E-state index >= 15 is 0 Å². The lowest BCUT2D eigenvalue weighted by atomic mass is 9.86. The van der Waals surface area contributed by atoms with Crippen LogP contribution in [0.15, 0.2) is 49.0 Å². The van der Waals surface area contributed by atoms with E-state index in [0.29, 0.717) is 11.3 Å². The summed E-state index contributed by atoms with van der Waals surface area (Å²) in [4.78, 5) is 12.4. The molecule has 2 aromatic rings. The van der Waals surface area contributed by atoms with Crippen LogP contribution in [0.5, 0.6) is 0 Å². The normalized spacial score (nSPS) is 11.1. The monoisotopic (exact) mass is 308 g/mol. The second-order valence-corrected chi connectivity index (χ2v) is 6.78. The number of benzene rings is 2. The summed E-state index contributed by atoms with van der Waals surface area (Å²) in [6.45, 7) is 12.1. The highest BCUT2D eigenvalue weighted by Crippen LogP contribution is 2.24. The summed E-state index contributed by atoms with van der Waals surface area (Å²) >= 11 is 0. The van der Waals surface area contributed by atoms with E-state index in [1.165, 1.54) is 5.56 Å². The van der Waals surface area contributed by atoms with Crippen LogP contribution in [0.4, 0.5) is 5.69 Å². The molecule has 0 heterocycles. The molecule has 0 atom stereocenters. The fourth-order valence-electron chi connectivity index (χ4n) is 2.44. The molecule has 0 spiro atoms. The second-order valence-electron chi connectivity index (χ2n) is 6.78. The Morgan fingerprint density at radius 2 is 1.70 bits per heavy atom. The van der Waals surface area contributed by atoms with Gasteiger partial charge in [0.2, 0.25) is 0 Å². The van der Waals surface area contributed by atoms with E-state index in [0.717, 1.165) is 16.8 Å². The van der Waals surface area contributed by atoms with Gasteiger partial charge in [-0.3, -0.25) is 4.79 Å². The molecule has 0 fully saturated rings. The minimum absolute atomic E-state index is 0.0708. The van der Waals surface area contributed by atoms with Crippen LogP contribution in [0.3, 0.4) is 0 Å². The van der Waals surface area contributed by atoms with E-state index in [-0.39, 0.29) is 11.3 Å². The zero-order chi connectivity index (χ0) is 17.2. The third-order valence-corrected chi connectivity index (χ3v) is 3.94. The first kappa shape index (κ1) is 16.8. The van der Waals surface area contributed by atoms with Crippen LogP contribution in [-0.2, 0) is 5.41 Å². The van der Waals surface area contributed by atoms with Crippen molar-refractivity contribution in [1.82, 2.24) is 0 Å². The number of carbonyl (C=O) groups is 1. The maximum absolute atomic E-state index is 12.4. The number of rotatable bonds is 3. The summed E-state index contributed by atoms with van der Waals surface area (Å²) < 4.78 is 0. The standard InChI is InChI=1S/C20H24N2O/c1-13-17(14(2)21)7-6-8-18(13)22-19(23)15-9-11-16(12-10-15)20(3,4)5/h6-12H,2,21H2,1,3-5H3,(H,22,23). The zero-order valence-corrected chi connectivity index (χ0v) is 14.2. The van der Waals surface area contributed by atoms with Crippen LogP contribution in [0.25, 0.3) is 5.70 Å². The molecule has 0 saturated carbocycles. The summed E-state index contributed by atoms with van der Waals surface area (Å²) in [5.41, 5.74) is 10.7. The van der Waals surface area contributed by atoms with Crippen molar-refractivity contribution in [2.45, 2.75) is 33.1 Å². The first-order chi connectivity index (χ1) is 10.7. The molecule has 0 aliphatic carbocycles. The van der Waals surface area contributed by atoms with Crippen LogP contribution in [0.2, 0.25) is 0 Å². The summed E-state index contributed by atoms with van der Waals surface area (Å²) in [6, 6.07) is 13.3. The lowest BCUT2D eigenvalue weighted by Gasteiger charge is -2.19. The molecule has 0 saturated heterocycles. The lowest BCUT2D eigenvalue weighted by Crippen LogP contribution is -2.15. The minimum Gasteiger partial charge on any atom is -0.399 e. The third kappa shape index (κ3) is 3.81. The SMILES string of the molecule is C=C(N)c1cccc(NC(=O)c2ccc(C(C)(C)C)cc2)c1C. The highest BCUT2D eigenvalue weighted by atomic mass is 16.1. The maximum Gasteiger partial charge on any atom is 0.255 e. The van der Waals surface area contributed by atoms with Gasteiger partial charge in [-0.15, -0.1) is 0 Å². The molecular weight excluding hydrogens is 284 g/mol. The maximum atomic E-state index is 12.4. The number of anilines is 1. The van der Waals surface area contributed by atoms with Crippen LogP contribution in [-0.4, -0.2) is 5.91 Å². The molecule has 2 aromatic carbocycles. The van der Waals surface area contributed by atoms with Crippen LogP contribution >= 0.6 is 0 Å². The van der Waals surface area contributed by atoms with Crippen molar-refractivity contribution in [3.63, 3.8) is 0 Å². The Labute approximate surface area is 138 Å². The smallest absolute Gasteiger partial charge is 0.255 e. The van der Waals surface area contributed by atoms with E-state index in [1.807, 2.05) is 49.4 Å².